The van der Waals surface area contributed by atoms with Crippen LogP contribution in [0, 0.1) is 0 Å². The number of thioether (sulfide) groups is 2. The number of aromatic hydroxyl groups is 2. The summed E-state index contributed by atoms with van der Waals surface area (Å²) in [6.07, 6.45) is 0. The first kappa shape index (κ1) is 28.5. The number of fused-ring (bicyclic) bond motifs is 4. The summed E-state index contributed by atoms with van der Waals surface area (Å²) in [6.45, 7) is 0.625. The molecule has 0 spiro atoms. The number of hydrogen-bond donors (Lipinski definition) is 4. The summed E-state index contributed by atoms with van der Waals surface area (Å²) < 4.78 is 5.72. The first-order chi connectivity index (χ1) is 20.7. The van der Waals surface area contributed by atoms with Gasteiger partial charge in [0.1, 0.15) is 11.5 Å². The molecule has 6 rings (SSSR count). The number of carbonyl (C=O) groups excluding carboxylic acids is 4. The van der Waals surface area contributed by atoms with E-state index in [2.05, 4.69) is 0 Å². The maximum Gasteiger partial charge on any atom is 0.198 e. The Labute approximate surface area is 254 Å². The lowest BCUT2D eigenvalue weighted by Gasteiger charge is -2.21. The molecule has 0 amide bonds. The minimum absolute atomic E-state index is 0.0121. The molecular formula is C32H24N2O7S2. The van der Waals surface area contributed by atoms with E-state index in [4.69, 9.17) is 16.2 Å². The normalized spacial score (nSPS) is 13.4. The zero-order valence-corrected chi connectivity index (χ0v) is 24.1. The van der Waals surface area contributed by atoms with Gasteiger partial charge in [-0.15, -0.1) is 23.5 Å². The third-order valence-electron chi connectivity index (χ3n) is 7.33. The van der Waals surface area contributed by atoms with Gasteiger partial charge in [-0.25, -0.2) is 0 Å². The molecule has 0 bridgehead atoms. The number of anilines is 2. The quantitative estimate of drug-likeness (QED) is 0.0812. The largest absolute Gasteiger partial charge is 0.507 e. The first-order valence-electron chi connectivity index (χ1n) is 13.2. The number of hydrogen-bond acceptors (Lipinski definition) is 11. The number of phenols is 2. The Kier molecular flexibility index (Phi) is 7.47. The molecule has 0 heterocycles. The molecule has 11 heteroatoms. The van der Waals surface area contributed by atoms with Crippen LogP contribution in [0.15, 0.2) is 70.5 Å². The number of rotatable bonds is 8. The maximum atomic E-state index is 13.1. The van der Waals surface area contributed by atoms with Gasteiger partial charge in [0.25, 0.3) is 0 Å². The zero-order valence-electron chi connectivity index (χ0n) is 22.5. The van der Waals surface area contributed by atoms with Crippen LogP contribution in [0.4, 0.5) is 11.4 Å². The maximum absolute atomic E-state index is 13.1. The fourth-order valence-electron chi connectivity index (χ4n) is 5.31. The number of carbonyl (C=O) groups is 4. The summed E-state index contributed by atoms with van der Waals surface area (Å²) in [5.41, 5.74) is 13.7. The Morgan fingerprint density at radius 3 is 1.23 bits per heavy atom. The third-order valence-corrected chi connectivity index (χ3v) is 9.37. The van der Waals surface area contributed by atoms with Crippen molar-refractivity contribution in [3.63, 3.8) is 0 Å². The van der Waals surface area contributed by atoms with Crippen molar-refractivity contribution in [1.82, 2.24) is 0 Å². The summed E-state index contributed by atoms with van der Waals surface area (Å²) >= 11 is 2.57. The molecule has 0 aromatic heterocycles. The SMILES string of the molecule is Nc1c(SCCOCCSc2cc(O)c3c(c2N)C(=O)c2ccccc2C3=O)cc(O)c2c1C(=O)c1ccccc1C2=O. The zero-order chi connectivity index (χ0) is 30.4. The number of ketones is 4. The fourth-order valence-corrected chi connectivity index (χ4v) is 7.06. The van der Waals surface area contributed by atoms with Gasteiger partial charge in [0, 0.05) is 43.6 Å². The minimum atomic E-state index is -0.444. The molecule has 0 fully saturated rings. The molecule has 43 heavy (non-hydrogen) atoms. The van der Waals surface area contributed by atoms with Crippen LogP contribution < -0.4 is 11.5 Å². The van der Waals surface area contributed by atoms with E-state index in [1.807, 2.05) is 0 Å². The molecule has 6 N–H and O–H groups in total. The Hall–Kier alpha value is -4.58. The van der Waals surface area contributed by atoms with Crippen molar-refractivity contribution in [2.75, 3.05) is 36.2 Å². The summed E-state index contributed by atoms with van der Waals surface area (Å²) in [4.78, 5) is 53.0. The van der Waals surface area contributed by atoms with Gasteiger partial charge in [0.15, 0.2) is 23.1 Å². The number of benzene rings is 4. The number of nitrogens with two attached hydrogens (primary N) is 2. The van der Waals surface area contributed by atoms with Crippen LogP contribution in [0.2, 0.25) is 0 Å². The van der Waals surface area contributed by atoms with Crippen LogP contribution in [0.1, 0.15) is 63.7 Å². The van der Waals surface area contributed by atoms with E-state index < -0.39 is 23.1 Å². The van der Waals surface area contributed by atoms with Crippen molar-refractivity contribution >= 4 is 58.0 Å². The topological polar surface area (TPSA) is 170 Å². The molecule has 0 unspecified atom stereocenters. The molecule has 0 radical (unpaired) electrons. The molecule has 0 aliphatic heterocycles. The molecule has 4 aromatic rings. The molecule has 4 aromatic carbocycles. The first-order valence-corrected chi connectivity index (χ1v) is 15.2. The Morgan fingerprint density at radius 2 is 0.884 bits per heavy atom. The van der Waals surface area contributed by atoms with Crippen molar-refractivity contribution in [3.05, 3.63) is 105 Å². The molecule has 9 nitrogen and oxygen atoms in total. The molecule has 0 saturated heterocycles. The molecule has 216 valence electrons. The predicted octanol–water partition coefficient (Wildman–Crippen LogP) is 4.71. The smallest absolute Gasteiger partial charge is 0.198 e. The number of ether oxygens (including phenoxy) is 1. The van der Waals surface area contributed by atoms with E-state index in [-0.39, 0.29) is 67.4 Å². The van der Waals surface area contributed by atoms with Crippen molar-refractivity contribution in [2.45, 2.75) is 9.79 Å². The molecule has 0 saturated carbocycles. The summed E-state index contributed by atoms with van der Waals surface area (Å²) in [5, 5.41) is 21.2. The van der Waals surface area contributed by atoms with Crippen LogP contribution in [0.5, 0.6) is 11.5 Å². The van der Waals surface area contributed by atoms with Crippen molar-refractivity contribution in [2.24, 2.45) is 0 Å². The highest BCUT2D eigenvalue weighted by molar-refractivity contribution is 7.99. The van der Waals surface area contributed by atoms with Crippen LogP contribution >= 0.6 is 23.5 Å². The lowest BCUT2D eigenvalue weighted by atomic mass is 9.83. The lowest BCUT2D eigenvalue weighted by molar-refractivity contribution is 0.0977. The molecule has 2 aliphatic carbocycles. The highest BCUT2D eigenvalue weighted by atomic mass is 32.2. The van der Waals surface area contributed by atoms with E-state index in [1.54, 1.807) is 48.5 Å². The van der Waals surface area contributed by atoms with Gasteiger partial charge in [-0.05, 0) is 12.1 Å². The van der Waals surface area contributed by atoms with Gasteiger partial charge in [0.2, 0.25) is 0 Å². The van der Waals surface area contributed by atoms with E-state index in [9.17, 15) is 29.4 Å². The average Bonchev–Trinajstić information content (AvgIpc) is 3.00. The van der Waals surface area contributed by atoms with Crippen molar-refractivity contribution in [1.29, 1.82) is 0 Å². The van der Waals surface area contributed by atoms with E-state index in [0.717, 1.165) is 0 Å². The highest BCUT2D eigenvalue weighted by Crippen LogP contribution is 2.42. The molecular weight excluding hydrogens is 588 g/mol. The van der Waals surface area contributed by atoms with Crippen molar-refractivity contribution < 1.29 is 34.1 Å². The highest BCUT2D eigenvalue weighted by Gasteiger charge is 2.36. The number of phenolic OH excluding ortho intramolecular Hbond substituents is 2. The standard InChI is InChI=1S/C32H24N2O7S2/c33-27-21(13-19(35)23-25(27)31(39)17-7-3-1-5-15(17)29(23)37)42-11-9-41-10-12-43-22-14-20(36)24-26(28(22)34)32(40)18-8-4-2-6-16(18)30(24)38/h1-8,13-14,35-36H,9-12,33-34H2. The van der Waals surface area contributed by atoms with Gasteiger partial charge >= 0.3 is 0 Å². The Balaban J connectivity index is 1.07. The summed E-state index contributed by atoms with van der Waals surface area (Å²) in [6, 6.07) is 15.7. The Morgan fingerprint density at radius 1 is 0.558 bits per heavy atom. The van der Waals surface area contributed by atoms with E-state index in [1.165, 1.54) is 35.7 Å². The minimum Gasteiger partial charge on any atom is -0.507 e. The van der Waals surface area contributed by atoms with Crippen LogP contribution in [0.3, 0.4) is 0 Å². The van der Waals surface area contributed by atoms with Crippen LogP contribution in [-0.4, -0.2) is 58.1 Å². The van der Waals surface area contributed by atoms with Gasteiger partial charge in [-0.2, -0.15) is 0 Å². The van der Waals surface area contributed by atoms with E-state index >= 15 is 0 Å². The fraction of sp³-hybridized carbons (Fsp3) is 0.125. The van der Waals surface area contributed by atoms with Crippen LogP contribution in [-0.2, 0) is 4.74 Å². The van der Waals surface area contributed by atoms with E-state index in [0.29, 0.717) is 34.5 Å². The van der Waals surface area contributed by atoms with Gasteiger partial charge in [0.05, 0.1) is 46.8 Å². The third kappa shape index (κ3) is 4.75. The van der Waals surface area contributed by atoms with Gasteiger partial charge in [-0.3, -0.25) is 19.2 Å². The van der Waals surface area contributed by atoms with Gasteiger partial charge < -0.3 is 26.4 Å². The lowest BCUT2D eigenvalue weighted by Crippen LogP contribution is -2.23. The molecule has 0 atom stereocenters. The predicted molar refractivity (Wildman–Crippen MR) is 164 cm³/mol. The van der Waals surface area contributed by atoms with Crippen molar-refractivity contribution in [3.8, 4) is 11.5 Å². The monoisotopic (exact) mass is 612 g/mol. The second-order valence-corrected chi connectivity index (χ2v) is 12.1. The second kappa shape index (κ2) is 11.3. The Bertz CT molecular complexity index is 1750. The summed E-state index contributed by atoms with van der Waals surface area (Å²) in [7, 11) is 0. The van der Waals surface area contributed by atoms with Crippen LogP contribution in [0.25, 0.3) is 0 Å². The average molecular weight is 613 g/mol. The number of nitrogen functional groups attached to an aromatic ring is 2. The second-order valence-electron chi connectivity index (χ2n) is 9.83. The van der Waals surface area contributed by atoms with Gasteiger partial charge in [-0.1, -0.05) is 48.5 Å². The summed E-state index contributed by atoms with van der Waals surface area (Å²) in [5.74, 6) is -1.40. The molecule has 2 aliphatic rings.